The van der Waals surface area contributed by atoms with Crippen molar-refractivity contribution in [2.75, 3.05) is 0 Å². The highest BCUT2D eigenvalue weighted by Gasteiger charge is 2.20. The second-order valence-corrected chi connectivity index (χ2v) is 4.32. The molecule has 0 aromatic carbocycles. The average Bonchev–Trinajstić information content (AvgIpc) is 2.73. The highest BCUT2D eigenvalue weighted by atomic mass is 35.5. The fourth-order valence-corrected chi connectivity index (χ4v) is 2.29. The first-order chi connectivity index (χ1) is 7.11. The molecule has 0 aliphatic rings. The van der Waals surface area contributed by atoms with E-state index in [1.54, 1.807) is 19.5 Å². The molecule has 2 heterocycles. The molecule has 2 aromatic heterocycles. The molecule has 78 valence electrons. The summed E-state index contributed by atoms with van der Waals surface area (Å²) in [5.41, 5.74) is 2.78. The summed E-state index contributed by atoms with van der Waals surface area (Å²) in [6.45, 7) is 1.80. The number of aromatic nitrogens is 3. The third-order valence-corrected chi connectivity index (χ3v) is 3.26. The van der Waals surface area contributed by atoms with Gasteiger partial charge < -0.3 is 0 Å². The normalized spacial score (nSPS) is 10.6. The number of hydrogen-bond acceptors (Lipinski definition) is 4. The van der Waals surface area contributed by atoms with Gasteiger partial charge in [-0.1, -0.05) is 11.6 Å². The lowest BCUT2D eigenvalue weighted by Crippen LogP contribution is -2.08. The van der Waals surface area contributed by atoms with E-state index in [0.29, 0.717) is 15.6 Å². The molecule has 0 spiro atoms. The Morgan fingerprint density at radius 2 is 2.33 bits per heavy atom. The van der Waals surface area contributed by atoms with Crippen molar-refractivity contribution in [1.82, 2.24) is 14.8 Å². The van der Waals surface area contributed by atoms with Gasteiger partial charge >= 0.3 is 0 Å². The molecule has 0 unspecified atom stereocenters. The summed E-state index contributed by atoms with van der Waals surface area (Å²) in [4.78, 5) is 16.7. The van der Waals surface area contributed by atoms with E-state index in [2.05, 4.69) is 10.1 Å². The van der Waals surface area contributed by atoms with E-state index in [4.69, 9.17) is 11.6 Å². The third-order valence-electron chi connectivity index (χ3n) is 2.06. The van der Waals surface area contributed by atoms with Crippen LogP contribution in [0.2, 0.25) is 5.02 Å². The summed E-state index contributed by atoms with van der Waals surface area (Å²) in [7, 11) is 1.69. The highest BCUT2D eigenvalue weighted by molar-refractivity contribution is 7.12. The van der Waals surface area contributed by atoms with Gasteiger partial charge in [-0.3, -0.25) is 9.48 Å². The Hall–Kier alpha value is -1.20. The van der Waals surface area contributed by atoms with E-state index >= 15 is 0 Å². The van der Waals surface area contributed by atoms with Gasteiger partial charge in [-0.15, -0.1) is 11.3 Å². The number of rotatable bonds is 2. The standard InChI is InChI=1S/C9H8ClN3OS/c1-5-9(15-4-11-5)8(14)7-6(10)3-12-13(7)2/h3-4H,1-2H3. The number of nitrogens with zero attached hydrogens (tertiary/aromatic N) is 3. The fraction of sp³-hybridized carbons (Fsp3) is 0.222. The highest BCUT2D eigenvalue weighted by Crippen LogP contribution is 2.22. The number of carbonyl (C=O) groups excluding carboxylic acids is 1. The molecule has 4 nitrogen and oxygen atoms in total. The van der Waals surface area contributed by atoms with Crippen LogP contribution in [0.5, 0.6) is 0 Å². The average molecular weight is 242 g/mol. The van der Waals surface area contributed by atoms with Gasteiger partial charge in [0.1, 0.15) is 5.69 Å². The summed E-state index contributed by atoms with van der Waals surface area (Å²) in [6, 6.07) is 0. The maximum absolute atomic E-state index is 12.1. The molecular formula is C9H8ClN3OS. The number of halogens is 1. The first-order valence-electron chi connectivity index (χ1n) is 4.23. The molecule has 6 heteroatoms. The first kappa shape index (κ1) is 10.3. The Morgan fingerprint density at radius 3 is 2.80 bits per heavy atom. The Morgan fingerprint density at radius 1 is 1.60 bits per heavy atom. The van der Waals surface area contributed by atoms with E-state index in [-0.39, 0.29) is 5.78 Å². The van der Waals surface area contributed by atoms with Crippen molar-refractivity contribution >= 4 is 28.7 Å². The molecule has 0 aliphatic heterocycles. The SMILES string of the molecule is Cc1ncsc1C(=O)c1c(Cl)cnn1C. The second kappa shape index (κ2) is 3.75. The Balaban J connectivity index is 2.50. The fourth-order valence-electron chi connectivity index (χ4n) is 1.29. The molecule has 0 amide bonds. The Kier molecular flexibility index (Phi) is 2.58. The van der Waals surface area contributed by atoms with Gasteiger partial charge in [0.05, 0.1) is 27.3 Å². The van der Waals surface area contributed by atoms with Gasteiger partial charge in [-0.2, -0.15) is 5.10 Å². The summed E-state index contributed by atoms with van der Waals surface area (Å²) < 4.78 is 1.48. The number of thiazole rings is 1. The van der Waals surface area contributed by atoms with Crippen LogP contribution in [0.25, 0.3) is 0 Å². The third kappa shape index (κ3) is 1.68. The number of carbonyl (C=O) groups is 1. The smallest absolute Gasteiger partial charge is 0.224 e. The van der Waals surface area contributed by atoms with Gasteiger partial charge in [-0.05, 0) is 6.92 Å². The molecule has 0 N–H and O–H groups in total. The molecule has 0 saturated heterocycles. The summed E-state index contributed by atoms with van der Waals surface area (Å²) in [5.74, 6) is -0.125. The van der Waals surface area contributed by atoms with Crippen molar-refractivity contribution < 1.29 is 4.79 Å². The van der Waals surface area contributed by atoms with Gasteiger partial charge in [0.2, 0.25) is 5.78 Å². The molecule has 0 saturated carbocycles. The lowest BCUT2D eigenvalue weighted by molar-refractivity contribution is 0.103. The number of aryl methyl sites for hydroxylation is 2. The Labute approximate surface area is 95.5 Å². The van der Waals surface area contributed by atoms with Crippen LogP contribution in [-0.4, -0.2) is 20.5 Å². The predicted molar refractivity (Wildman–Crippen MR) is 58.5 cm³/mol. The van der Waals surface area contributed by atoms with Crippen LogP contribution in [0.15, 0.2) is 11.7 Å². The molecule has 0 atom stereocenters. The monoisotopic (exact) mass is 241 g/mol. The predicted octanol–water partition coefficient (Wildman–Crippen LogP) is 2.07. The molecular weight excluding hydrogens is 234 g/mol. The Bertz CT molecular complexity index is 498. The molecule has 2 aromatic rings. The van der Waals surface area contributed by atoms with Gasteiger partial charge in [-0.25, -0.2) is 4.98 Å². The lowest BCUT2D eigenvalue weighted by atomic mass is 10.2. The quantitative estimate of drug-likeness (QED) is 0.757. The van der Waals surface area contributed by atoms with Crippen LogP contribution in [-0.2, 0) is 7.05 Å². The van der Waals surface area contributed by atoms with Crippen molar-refractivity contribution in [3.8, 4) is 0 Å². The second-order valence-electron chi connectivity index (χ2n) is 3.06. The van der Waals surface area contributed by atoms with Crippen molar-refractivity contribution in [3.63, 3.8) is 0 Å². The first-order valence-corrected chi connectivity index (χ1v) is 5.49. The van der Waals surface area contributed by atoms with Crippen molar-refractivity contribution in [3.05, 3.63) is 33.0 Å². The zero-order chi connectivity index (χ0) is 11.0. The molecule has 0 bridgehead atoms. The minimum Gasteiger partial charge on any atom is -0.286 e. The maximum Gasteiger partial charge on any atom is 0.224 e. The van der Waals surface area contributed by atoms with Gasteiger partial charge in [0, 0.05) is 7.05 Å². The lowest BCUT2D eigenvalue weighted by Gasteiger charge is -2.00. The summed E-state index contributed by atoms with van der Waals surface area (Å²) in [6.07, 6.45) is 1.46. The van der Waals surface area contributed by atoms with E-state index in [9.17, 15) is 4.79 Å². The zero-order valence-electron chi connectivity index (χ0n) is 8.19. The molecule has 15 heavy (non-hydrogen) atoms. The molecule has 2 rings (SSSR count). The van der Waals surface area contributed by atoms with Crippen LogP contribution in [0, 0.1) is 6.92 Å². The number of ketones is 1. The topological polar surface area (TPSA) is 47.8 Å². The van der Waals surface area contributed by atoms with Crippen LogP contribution in [0.3, 0.4) is 0 Å². The van der Waals surface area contributed by atoms with Gasteiger partial charge in [0.15, 0.2) is 0 Å². The van der Waals surface area contributed by atoms with Gasteiger partial charge in [0.25, 0.3) is 0 Å². The van der Waals surface area contributed by atoms with Crippen molar-refractivity contribution in [1.29, 1.82) is 0 Å². The van der Waals surface area contributed by atoms with Crippen molar-refractivity contribution in [2.24, 2.45) is 7.05 Å². The van der Waals surface area contributed by atoms with Crippen LogP contribution >= 0.6 is 22.9 Å². The minimum absolute atomic E-state index is 0.125. The maximum atomic E-state index is 12.1. The minimum atomic E-state index is -0.125. The van der Waals surface area contributed by atoms with Crippen LogP contribution in [0.4, 0.5) is 0 Å². The summed E-state index contributed by atoms with van der Waals surface area (Å²) >= 11 is 7.20. The van der Waals surface area contributed by atoms with E-state index in [0.717, 1.165) is 5.69 Å². The van der Waals surface area contributed by atoms with Crippen LogP contribution < -0.4 is 0 Å². The summed E-state index contributed by atoms with van der Waals surface area (Å²) in [5, 5.41) is 4.30. The van der Waals surface area contributed by atoms with Crippen molar-refractivity contribution in [2.45, 2.75) is 6.92 Å². The largest absolute Gasteiger partial charge is 0.286 e. The van der Waals surface area contributed by atoms with E-state index in [1.807, 2.05) is 0 Å². The van der Waals surface area contributed by atoms with E-state index < -0.39 is 0 Å². The molecule has 0 radical (unpaired) electrons. The molecule has 0 fully saturated rings. The number of hydrogen-bond donors (Lipinski definition) is 0. The van der Waals surface area contributed by atoms with Crippen LogP contribution in [0.1, 0.15) is 21.1 Å². The van der Waals surface area contributed by atoms with E-state index in [1.165, 1.54) is 22.2 Å². The zero-order valence-corrected chi connectivity index (χ0v) is 9.76. The molecule has 0 aliphatic carbocycles.